The predicted molar refractivity (Wildman–Crippen MR) is 116 cm³/mol. The van der Waals surface area contributed by atoms with Gasteiger partial charge in [0.25, 0.3) is 5.91 Å². The molecule has 2 aromatic rings. The minimum absolute atomic E-state index is 0.0465. The number of amides is 2. The summed E-state index contributed by atoms with van der Waals surface area (Å²) in [4.78, 5) is 25.9. The lowest BCUT2D eigenvalue weighted by Gasteiger charge is -2.28. The Balaban J connectivity index is 1.34. The van der Waals surface area contributed by atoms with Gasteiger partial charge in [-0.1, -0.05) is 25.1 Å². The Hall–Kier alpha value is -2.90. The third-order valence-electron chi connectivity index (χ3n) is 5.80. The maximum absolute atomic E-state index is 12.3. The standard InChI is InChI=1S/C24H28N2O5/c1-3-17-5-4-6-20(13-17)29-16-22(27)25-10-9-24(30-11-12-31-24)19-7-8-21-18(14-19)15-23(28)26(21)2/h4-8,13-14H,3,9-12,15-16H2,1-2H3,(H,25,27). The number of likely N-dealkylation sites (N-methyl/N-ethyl adjacent to an activating group) is 1. The third-order valence-corrected chi connectivity index (χ3v) is 5.80. The van der Waals surface area contributed by atoms with Gasteiger partial charge < -0.3 is 24.4 Å². The lowest BCUT2D eigenvalue weighted by Crippen LogP contribution is -2.36. The minimum Gasteiger partial charge on any atom is -0.484 e. The molecule has 0 saturated carbocycles. The number of nitrogens with one attached hydrogen (secondary N) is 1. The average Bonchev–Trinajstić information content (AvgIpc) is 3.37. The zero-order valence-corrected chi connectivity index (χ0v) is 18.0. The van der Waals surface area contributed by atoms with Gasteiger partial charge in [0, 0.05) is 31.3 Å². The molecule has 1 N–H and O–H groups in total. The van der Waals surface area contributed by atoms with Crippen LogP contribution >= 0.6 is 0 Å². The molecule has 7 heteroatoms. The first-order valence-corrected chi connectivity index (χ1v) is 10.7. The van der Waals surface area contributed by atoms with Crippen LogP contribution in [0.1, 0.15) is 30.0 Å². The van der Waals surface area contributed by atoms with Crippen molar-refractivity contribution in [1.82, 2.24) is 5.32 Å². The number of anilines is 1. The van der Waals surface area contributed by atoms with Crippen molar-refractivity contribution in [2.45, 2.75) is 32.0 Å². The Labute approximate surface area is 182 Å². The molecule has 0 bridgehead atoms. The van der Waals surface area contributed by atoms with Gasteiger partial charge >= 0.3 is 0 Å². The summed E-state index contributed by atoms with van der Waals surface area (Å²) >= 11 is 0. The van der Waals surface area contributed by atoms with E-state index in [1.54, 1.807) is 11.9 Å². The van der Waals surface area contributed by atoms with Gasteiger partial charge in [-0.05, 0) is 41.8 Å². The quantitative estimate of drug-likeness (QED) is 0.705. The second-order valence-electron chi connectivity index (χ2n) is 7.81. The zero-order chi connectivity index (χ0) is 21.8. The highest BCUT2D eigenvalue weighted by Gasteiger charge is 2.39. The maximum atomic E-state index is 12.3. The van der Waals surface area contributed by atoms with Gasteiger partial charge in [-0.3, -0.25) is 9.59 Å². The van der Waals surface area contributed by atoms with Crippen molar-refractivity contribution in [2.75, 3.05) is 38.3 Å². The molecular formula is C24H28N2O5. The summed E-state index contributed by atoms with van der Waals surface area (Å²) < 4.78 is 17.5. The van der Waals surface area contributed by atoms with Crippen molar-refractivity contribution in [3.8, 4) is 5.75 Å². The van der Waals surface area contributed by atoms with Gasteiger partial charge in [0.2, 0.25) is 5.91 Å². The van der Waals surface area contributed by atoms with E-state index in [2.05, 4.69) is 12.2 Å². The van der Waals surface area contributed by atoms with Gasteiger partial charge in [0.15, 0.2) is 12.4 Å². The monoisotopic (exact) mass is 424 g/mol. The lowest BCUT2D eigenvalue weighted by atomic mass is 9.98. The normalized spacial score (nSPS) is 17.0. The predicted octanol–water partition coefficient (Wildman–Crippen LogP) is 2.55. The number of carbonyl (C=O) groups excluding carboxylic acids is 2. The summed E-state index contributed by atoms with van der Waals surface area (Å²) in [6.07, 6.45) is 1.76. The number of aryl methyl sites for hydroxylation is 1. The molecule has 0 unspecified atom stereocenters. The highest BCUT2D eigenvalue weighted by molar-refractivity contribution is 6.00. The Morgan fingerprint density at radius 1 is 1.19 bits per heavy atom. The topological polar surface area (TPSA) is 77.1 Å². The summed E-state index contributed by atoms with van der Waals surface area (Å²) in [5.74, 6) is -0.350. The molecule has 2 amide bonds. The molecule has 31 heavy (non-hydrogen) atoms. The molecule has 164 valence electrons. The molecule has 0 aliphatic carbocycles. The molecule has 0 atom stereocenters. The summed E-state index contributed by atoms with van der Waals surface area (Å²) in [5, 5.41) is 2.88. The van der Waals surface area contributed by atoms with E-state index in [4.69, 9.17) is 14.2 Å². The third kappa shape index (κ3) is 4.57. The van der Waals surface area contributed by atoms with Crippen molar-refractivity contribution in [3.05, 3.63) is 59.2 Å². The molecule has 2 aromatic carbocycles. The van der Waals surface area contributed by atoms with Crippen LogP contribution in [-0.2, 0) is 37.7 Å². The van der Waals surface area contributed by atoms with Crippen LogP contribution in [0.25, 0.3) is 0 Å². The molecule has 0 radical (unpaired) electrons. The molecule has 2 heterocycles. The molecule has 2 aliphatic heterocycles. The second-order valence-corrected chi connectivity index (χ2v) is 7.81. The molecular weight excluding hydrogens is 396 g/mol. The van der Waals surface area contributed by atoms with Crippen LogP contribution in [0.4, 0.5) is 5.69 Å². The van der Waals surface area contributed by atoms with Crippen molar-refractivity contribution in [1.29, 1.82) is 0 Å². The van der Waals surface area contributed by atoms with Crippen molar-refractivity contribution < 1.29 is 23.8 Å². The number of hydrogen-bond donors (Lipinski definition) is 1. The van der Waals surface area contributed by atoms with Crippen molar-refractivity contribution in [2.24, 2.45) is 0 Å². The van der Waals surface area contributed by atoms with Crippen LogP contribution in [0.2, 0.25) is 0 Å². The van der Waals surface area contributed by atoms with Gasteiger partial charge in [-0.15, -0.1) is 0 Å². The van der Waals surface area contributed by atoms with E-state index in [1.165, 1.54) is 0 Å². The second kappa shape index (κ2) is 9.08. The zero-order valence-electron chi connectivity index (χ0n) is 18.0. The Morgan fingerprint density at radius 2 is 2.00 bits per heavy atom. The smallest absolute Gasteiger partial charge is 0.257 e. The fraction of sp³-hybridized carbons (Fsp3) is 0.417. The number of hydrogen-bond acceptors (Lipinski definition) is 5. The number of ether oxygens (including phenoxy) is 3. The molecule has 2 aliphatic rings. The van der Waals surface area contributed by atoms with Gasteiger partial charge in [-0.25, -0.2) is 0 Å². The minimum atomic E-state index is -0.914. The molecule has 1 fully saturated rings. The van der Waals surface area contributed by atoms with Crippen LogP contribution in [-0.4, -0.2) is 45.2 Å². The van der Waals surface area contributed by atoms with Crippen molar-refractivity contribution in [3.63, 3.8) is 0 Å². The Morgan fingerprint density at radius 3 is 2.77 bits per heavy atom. The van der Waals surface area contributed by atoms with E-state index in [0.717, 1.165) is 28.8 Å². The number of nitrogens with zero attached hydrogens (tertiary/aromatic N) is 1. The van der Waals surface area contributed by atoms with Crippen LogP contribution in [0, 0.1) is 0 Å². The van der Waals surface area contributed by atoms with Crippen LogP contribution in [0.15, 0.2) is 42.5 Å². The fourth-order valence-electron chi connectivity index (χ4n) is 4.04. The summed E-state index contributed by atoms with van der Waals surface area (Å²) in [6.45, 7) is 3.38. The highest BCUT2D eigenvalue weighted by atomic mass is 16.7. The highest BCUT2D eigenvalue weighted by Crippen LogP contribution is 2.38. The number of fused-ring (bicyclic) bond motifs is 1. The van der Waals surface area contributed by atoms with Crippen molar-refractivity contribution >= 4 is 17.5 Å². The van der Waals surface area contributed by atoms with Gasteiger partial charge in [-0.2, -0.15) is 0 Å². The summed E-state index contributed by atoms with van der Waals surface area (Å²) in [5.41, 5.74) is 3.92. The molecule has 4 rings (SSSR count). The first-order valence-electron chi connectivity index (χ1n) is 10.7. The Kier molecular flexibility index (Phi) is 6.25. The van der Waals surface area contributed by atoms with Gasteiger partial charge in [0.05, 0.1) is 19.6 Å². The number of carbonyl (C=O) groups is 2. The van der Waals surface area contributed by atoms with Gasteiger partial charge in [0.1, 0.15) is 5.75 Å². The molecule has 1 saturated heterocycles. The average molecular weight is 424 g/mol. The van der Waals surface area contributed by atoms with Crippen LogP contribution in [0.3, 0.4) is 0 Å². The SMILES string of the molecule is CCc1cccc(OCC(=O)NCCC2(c3ccc4c(c3)CC(=O)N4C)OCCO2)c1. The largest absolute Gasteiger partial charge is 0.484 e. The van der Waals surface area contributed by atoms with E-state index in [1.807, 2.05) is 42.5 Å². The molecule has 7 nitrogen and oxygen atoms in total. The summed E-state index contributed by atoms with van der Waals surface area (Å²) in [6, 6.07) is 13.6. The maximum Gasteiger partial charge on any atom is 0.257 e. The first kappa shape index (κ1) is 21.3. The lowest BCUT2D eigenvalue weighted by molar-refractivity contribution is -0.170. The summed E-state index contributed by atoms with van der Waals surface area (Å²) in [7, 11) is 1.78. The van der Waals surface area contributed by atoms with E-state index < -0.39 is 5.79 Å². The van der Waals surface area contributed by atoms with E-state index in [-0.39, 0.29) is 18.4 Å². The first-order chi connectivity index (χ1) is 15.0. The van der Waals surface area contributed by atoms with E-state index in [9.17, 15) is 9.59 Å². The van der Waals surface area contributed by atoms with E-state index in [0.29, 0.717) is 38.3 Å². The van der Waals surface area contributed by atoms with Crippen LogP contribution < -0.4 is 15.0 Å². The number of benzene rings is 2. The molecule has 0 spiro atoms. The molecule has 0 aromatic heterocycles. The Bertz CT molecular complexity index is 968. The number of rotatable bonds is 8. The fourth-order valence-corrected chi connectivity index (χ4v) is 4.04. The van der Waals surface area contributed by atoms with Crippen LogP contribution in [0.5, 0.6) is 5.75 Å². The van der Waals surface area contributed by atoms with E-state index >= 15 is 0 Å².